The highest BCUT2D eigenvalue weighted by molar-refractivity contribution is 6.01. The topological polar surface area (TPSA) is 74.3 Å². The lowest BCUT2D eigenvalue weighted by Crippen LogP contribution is -2.29. The third kappa shape index (κ3) is 2.08. The van der Waals surface area contributed by atoms with Crippen molar-refractivity contribution in [3.8, 4) is 0 Å². The van der Waals surface area contributed by atoms with E-state index < -0.39 is 17.6 Å². The number of ether oxygens (including phenoxy) is 1. The van der Waals surface area contributed by atoms with Gasteiger partial charge in [0.2, 0.25) is 5.58 Å². The molecule has 0 amide bonds. The quantitative estimate of drug-likeness (QED) is 0.690. The van der Waals surface area contributed by atoms with Gasteiger partial charge in [0, 0.05) is 5.39 Å². The average Bonchev–Trinajstić information content (AvgIpc) is 2.87. The zero-order valence-corrected chi connectivity index (χ0v) is 11.7. The summed E-state index contributed by atoms with van der Waals surface area (Å²) in [5, 5.41) is 0.778. The van der Waals surface area contributed by atoms with E-state index in [0.717, 1.165) is 5.39 Å². The second kappa shape index (κ2) is 5.05. The SMILES string of the molecule is CCOC(=O)[C@H](C)n1cnc2c(oc3ccccc32)c1=O. The average molecular weight is 286 g/mol. The molecule has 0 aliphatic carbocycles. The maximum Gasteiger partial charge on any atom is 0.328 e. The van der Waals surface area contributed by atoms with Crippen LogP contribution in [-0.2, 0) is 9.53 Å². The van der Waals surface area contributed by atoms with Crippen LogP contribution in [0.3, 0.4) is 0 Å². The maximum absolute atomic E-state index is 12.5. The van der Waals surface area contributed by atoms with Gasteiger partial charge in [0.15, 0.2) is 0 Å². The summed E-state index contributed by atoms with van der Waals surface area (Å²) >= 11 is 0. The molecule has 3 aromatic rings. The lowest BCUT2D eigenvalue weighted by molar-refractivity contribution is -0.146. The van der Waals surface area contributed by atoms with Crippen LogP contribution in [0.15, 0.2) is 39.8 Å². The van der Waals surface area contributed by atoms with Crippen LogP contribution in [-0.4, -0.2) is 22.1 Å². The predicted molar refractivity (Wildman–Crippen MR) is 77.1 cm³/mol. The third-order valence-corrected chi connectivity index (χ3v) is 3.35. The van der Waals surface area contributed by atoms with Crippen molar-refractivity contribution < 1.29 is 13.9 Å². The first kappa shape index (κ1) is 13.4. The van der Waals surface area contributed by atoms with Gasteiger partial charge in [-0.15, -0.1) is 0 Å². The molecule has 0 unspecified atom stereocenters. The van der Waals surface area contributed by atoms with Crippen molar-refractivity contribution in [1.29, 1.82) is 0 Å². The predicted octanol–water partition coefficient (Wildman–Crippen LogP) is 2.27. The van der Waals surface area contributed by atoms with Crippen molar-refractivity contribution in [2.75, 3.05) is 6.61 Å². The van der Waals surface area contributed by atoms with Crippen LogP contribution in [0.2, 0.25) is 0 Å². The summed E-state index contributed by atoms with van der Waals surface area (Å²) < 4.78 is 11.7. The Morgan fingerprint density at radius 1 is 1.43 bits per heavy atom. The molecule has 2 heterocycles. The Kier molecular flexibility index (Phi) is 3.21. The molecule has 1 atom stereocenters. The van der Waals surface area contributed by atoms with Gasteiger partial charge in [0.05, 0.1) is 12.9 Å². The molecular formula is C15H14N2O4. The van der Waals surface area contributed by atoms with E-state index in [9.17, 15) is 9.59 Å². The van der Waals surface area contributed by atoms with Gasteiger partial charge >= 0.3 is 5.97 Å². The van der Waals surface area contributed by atoms with E-state index in [-0.39, 0.29) is 12.2 Å². The number of esters is 1. The number of furan rings is 1. The van der Waals surface area contributed by atoms with Gasteiger partial charge in [-0.25, -0.2) is 9.78 Å². The minimum Gasteiger partial charge on any atom is -0.464 e. The number of fused-ring (bicyclic) bond motifs is 3. The first-order valence-electron chi connectivity index (χ1n) is 6.68. The van der Waals surface area contributed by atoms with E-state index in [2.05, 4.69) is 4.98 Å². The summed E-state index contributed by atoms with van der Waals surface area (Å²) in [6.07, 6.45) is 1.36. The van der Waals surface area contributed by atoms with Gasteiger partial charge < -0.3 is 9.15 Å². The Morgan fingerprint density at radius 2 is 2.19 bits per heavy atom. The van der Waals surface area contributed by atoms with Crippen LogP contribution in [0.1, 0.15) is 19.9 Å². The van der Waals surface area contributed by atoms with E-state index in [4.69, 9.17) is 9.15 Å². The van der Waals surface area contributed by atoms with Crippen LogP contribution in [0.25, 0.3) is 22.1 Å². The Balaban J connectivity index is 2.19. The Labute approximate surface area is 119 Å². The number of rotatable bonds is 3. The molecule has 0 fully saturated rings. The Hall–Kier alpha value is -2.63. The number of hydrogen-bond acceptors (Lipinski definition) is 5. The molecule has 0 N–H and O–H groups in total. The first-order chi connectivity index (χ1) is 10.1. The minimum atomic E-state index is -0.748. The lowest BCUT2D eigenvalue weighted by Gasteiger charge is -2.12. The summed E-state index contributed by atoms with van der Waals surface area (Å²) in [6, 6.07) is 6.54. The number of carbonyl (C=O) groups excluding carboxylic acids is 1. The van der Waals surface area contributed by atoms with Crippen LogP contribution < -0.4 is 5.56 Å². The molecule has 0 aliphatic rings. The normalized spacial score (nSPS) is 12.7. The molecule has 0 saturated carbocycles. The van der Waals surface area contributed by atoms with E-state index in [0.29, 0.717) is 11.1 Å². The van der Waals surface area contributed by atoms with Gasteiger partial charge in [-0.05, 0) is 26.0 Å². The second-order valence-corrected chi connectivity index (χ2v) is 4.66. The van der Waals surface area contributed by atoms with Crippen LogP contribution in [0.5, 0.6) is 0 Å². The van der Waals surface area contributed by atoms with Gasteiger partial charge in [0.25, 0.3) is 5.56 Å². The van der Waals surface area contributed by atoms with Gasteiger partial charge in [-0.1, -0.05) is 12.1 Å². The summed E-state index contributed by atoms with van der Waals surface area (Å²) in [5.74, 6) is -0.475. The molecule has 0 radical (unpaired) electrons. The standard InChI is InChI=1S/C15H14N2O4/c1-3-20-15(19)9(2)17-8-16-12-10-6-4-5-7-11(10)21-13(12)14(17)18/h4-9H,3H2,1-2H3/t9-/m0/s1. The first-order valence-corrected chi connectivity index (χ1v) is 6.68. The molecule has 21 heavy (non-hydrogen) atoms. The lowest BCUT2D eigenvalue weighted by atomic mass is 10.2. The zero-order valence-electron chi connectivity index (χ0n) is 11.7. The van der Waals surface area contributed by atoms with Crippen molar-refractivity contribution >= 4 is 28.0 Å². The van der Waals surface area contributed by atoms with E-state index in [1.54, 1.807) is 19.9 Å². The molecule has 0 bridgehead atoms. The Bertz CT molecular complexity index is 878. The van der Waals surface area contributed by atoms with Gasteiger partial charge in [-0.2, -0.15) is 0 Å². The molecular weight excluding hydrogens is 272 g/mol. The van der Waals surface area contributed by atoms with Crippen molar-refractivity contribution in [2.24, 2.45) is 0 Å². The fraction of sp³-hybridized carbons (Fsp3) is 0.267. The summed E-state index contributed by atoms with van der Waals surface area (Å²) in [7, 11) is 0. The highest BCUT2D eigenvalue weighted by atomic mass is 16.5. The fourth-order valence-corrected chi connectivity index (χ4v) is 2.25. The Morgan fingerprint density at radius 3 is 2.95 bits per heavy atom. The monoisotopic (exact) mass is 286 g/mol. The van der Waals surface area contributed by atoms with Crippen LogP contribution in [0.4, 0.5) is 0 Å². The highest BCUT2D eigenvalue weighted by Gasteiger charge is 2.21. The second-order valence-electron chi connectivity index (χ2n) is 4.66. The summed E-state index contributed by atoms with van der Waals surface area (Å²) in [6.45, 7) is 3.57. The van der Waals surface area contributed by atoms with Crippen molar-refractivity contribution in [1.82, 2.24) is 9.55 Å². The molecule has 0 spiro atoms. The van der Waals surface area contributed by atoms with Gasteiger partial charge in [0.1, 0.15) is 17.1 Å². The summed E-state index contributed by atoms with van der Waals surface area (Å²) in [4.78, 5) is 28.5. The number of nitrogens with zero attached hydrogens (tertiary/aromatic N) is 2. The number of para-hydroxylation sites is 1. The zero-order chi connectivity index (χ0) is 15.0. The molecule has 3 rings (SSSR count). The minimum absolute atomic E-state index is 0.148. The third-order valence-electron chi connectivity index (χ3n) is 3.35. The molecule has 0 aliphatic heterocycles. The maximum atomic E-state index is 12.5. The smallest absolute Gasteiger partial charge is 0.328 e. The molecule has 1 aromatic carbocycles. The van der Waals surface area contributed by atoms with Crippen molar-refractivity contribution in [2.45, 2.75) is 19.9 Å². The number of benzene rings is 1. The van der Waals surface area contributed by atoms with E-state index in [1.165, 1.54) is 10.9 Å². The number of aromatic nitrogens is 2. The van der Waals surface area contributed by atoms with Crippen molar-refractivity contribution in [3.63, 3.8) is 0 Å². The van der Waals surface area contributed by atoms with Crippen molar-refractivity contribution in [3.05, 3.63) is 40.9 Å². The fourth-order valence-electron chi connectivity index (χ4n) is 2.25. The molecule has 108 valence electrons. The molecule has 6 heteroatoms. The molecule has 2 aromatic heterocycles. The van der Waals surface area contributed by atoms with Crippen LogP contribution >= 0.6 is 0 Å². The summed E-state index contributed by atoms with van der Waals surface area (Å²) in [5.41, 5.74) is 0.855. The number of carbonyl (C=O) groups is 1. The molecule has 0 saturated heterocycles. The largest absolute Gasteiger partial charge is 0.464 e. The van der Waals surface area contributed by atoms with E-state index >= 15 is 0 Å². The van der Waals surface area contributed by atoms with Gasteiger partial charge in [-0.3, -0.25) is 9.36 Å². The van der Waals surface area contributed by atoms with E-state index in [1.807, 2.05) is 18.2 Å². The highest BCUT2D eigenvalue weighted by Crippen LogP contribution is 2.24. The molecule has 6 nitrogen and oxygen atoms in total. The van der Waals surface area contributed by atoms with Crippen LogP contribution in [0, 0.1) is 0 Å². The number of hydrogen-bond donors (Lipinski definition) is 0.